The molecule has 2 heterocycles. The van der Waals surface area contributed by atoms with Crippen molar-refractivity contribution in [1.82, 2.24) is 9.21 Å². The van der Waals surface area contributed by atoms with E-state index in [1.165, 1.54) is 16.4 Å². The molecule has 0 atom stereocenters. The monoisotopic (exact) mass is 425 g/mol. The van der Waals surface area contributed by atoms with Crippen LogP contribution in [0, 0.1) is 5.92 Å². The van der Waals surface area contributed by atoms with Gasteiger partial charge in [-0.25, -0.2) is 8.42 Å². The van der Waals surface area contributed by atoms with Crippen molar-refractivity contribution in [3.8, 4) is 0 Å². The summed E-state index contributed by atoms with van der Waals surface area (Å²) in [5.41, 5.74) is 0.587. The normalized spacial score (nSPS) is 19.9. The standard InChI is InChI=1S/C20H31N3O5S/c1-15(2)22(3)29(25,26)18-6-4-17(5-7-18)21-19(24)14-23-10-8-16(9-11-23)20-27-12-13-28-20/h4-7,15-16,20H,8-14H2,1-3H3,(H,21,24). The van der Waals surface area contributed by atoms with Crippen molar-refractivity contribution in [3.05, 3.63) is 24.3 Å². The zero-order valence-electron chi connectivity index (χ0n) is 17.3. The fraction of sp³-hybridized carbons (Fsp3) is 0.650. The second-order valence-corrected chi connectivity index (χ2v) is 9.91. The largest absolute Gasteiger partial charge is 0.350 e. The summed E-state index contributed by atoms with van der Waals surface area (Å²) in [6.07, 6.45) is 1.82. The molecule has 3 rings (SSSR count). The lowest BCUT2D eigenvalue weighted by Gasteiger charge is -2.33. The number of piperidine rings is 1. The molecule has 0 saturated carbocycles. The Labute approximate surface area is 173 Å². The topological polar surface area (TPSA) is 88.2 Å². The number of amides is 1. The Kier molecular flexibility index (Phi) is 7.28. The smallest absolute Gasteiger partial charge is 0.243 e. The van der Waals surface area contributed by atoms with Crippen LogP contribution in [0.2, 0.25) is 0 Å². The van der Waals surface area contributed by atoms with Crippen molar-refractivity contribution < 1.29 is 22.7 Å². The van der Waals surface area contributed by atoms with Crippen LogP contribution in [0.15, 0.2) is 29.2 Å². The lowest BCUT2D eigenvalue weighted by atomic mass is 9.96. The zero-order valence-corrected chi connectivity index (χ0v) is 18.2. The van der Waals surface area contributed by atoms with E-state index in [4.69, 9.17) is 9.47 Å². The van der Waals surface area contributed by atoms with E-state index in [2.05, 4.69) is 10.2 Å². The van der Waals surface area contributed by atoms with Gasteiger partial charge >= 0.3 is 0 Å². The molecule has 0 aliphatic carbocycles. The maximum atomic E-state index is 12.5. The summed E-state index contributed by atoms with van der Waals surface area (Å²) in [5.74, 6) is 0.294. The molecule has 9 heteroatoms. The van der Waals surface area contributed by atoms with Crippen LogP contribution in [0.1, 0.15) is 26.7 Å². The van der Waals surface area contributed by atoms with Crippen LogP contribution in [-0.4, -0.2) is 75.8 Å². The number of carbonyl (C=O) groups is 1. The summed E-state index contributed by atoms with van der Waals surface area (Å²) in [6, 6.07) is 6.17. The third kappa shape index (κ3) is 5.55. The number of benzene rings is 1. The van der Waals surface area contributed by atoms with Gasteiger partial charge in [-0.05, 0) is 64.0 Å². The highest BCUT2D eigenvalue weighted by Crippen LogP contribution is 2.25. The van der Waals surface area contributed by atoms with Crippen LogP contribution >= 0.6 is 0 Å². The molecule has 162 valence electrons. The molecule has 0 unspecified atom stereocenters. The van der Waals surface area contributed by atoms with Crippen molar-refractivity contribution >= 4 is 21.6 Å². The predicted octanol–water partition coefficient (Wildman–Crippen LogP) is 1.74. The number of nitrogens with zero attached hydrogens (tertiary/aromatic N) is 2. The molecule has 1 aromatic carbocycles. The van der Waals surface area contributed by atoms with Crippen LogP contribution < -0.4 is 5.32 Å². The van der Waals surface area contributed by atoms with Gasteiger partial charge in [0.05, 0.1) is 24.7 Å². The number of sulfonamides is 1. The Morgan fingerprint density at radius 3 is 2.31 bits per heavy atom. The number of rotatable bonds is 7. The molecule has 29 heavy (non-hydrogen) atoms. The Morgan fingerprint density at radius 1 is 1.17 bits per heavy atom. The SMILES string of the molecule is CC(C)N(C)S(=O)(=O)c1ccc(NC(=O)CN2CCC(C3OCCO3)CC2)cc1. The van der Waals surface area contributed by atoms with Gasteiger partial charge in [-0.3, -0.25) is 9.69 Å². The number of ether oxygens (including phenoxy) is 2. The molecular formula is C20H31N3O5S. The van der Waals surface area contributed by atoms with E-state index in [-0.39, 0.29) is 23.1 Å². The van der Waals surface area contributed by atoms with Crippen LogP contribution in [0.25, 0.3) is 0 Å². The number of nitrogens with one attached hydrogen (secondary N) is 1. The summed E-state index contributed by atoms with van der Waals surface area (Å²) < 4.78 is 37.5. The minimum absolute atomic E-state index is 0.0875. The van der Waals surface area contributed by atoms with E-state index in [9.17, 15) is 13.2 Å². The first-order chi connectivity index (χ1) is 13.8. The van der Waals surface area contributed by atoms with Crippen LogP contribution in [-0.2, 0) is 24.3 Å². The molecule has 0 spiro atoms. The van der Waals surface area contributed by atoms with Gasteiger partial charge in [-0.15, -0.1) is 0 Å². The minimum atomic E-state index is -3.53. The second kappa shape index (κ2) is 9.53. The third-order valence-corrected chi connectivity index (χ3v) is 7.62. The molecule has 2 saturated heterocycles. The predicted molar refractivity (Wildman–Crippen MR) is 110 cm³/mol. The van der Waals surface area contributed by atoms with E-state index < -0.39 is 10.0 Å². The maximum Gasteiger partial charge on any atom is 0.243 e. The Bertz CT molecular complexity index is 783. The molecule has 2 aliphatic rings. The first-order valence-corrected chi connectivity index (χ1v) is 11.5. The third-order valence-electron chi connectivity index (χ3n) is 5.57. The number of hydrogen-bond acceptors (Lipinski definition) is 6. The van der Waals surface area contributed by atoms with Crippen molar-refractivity contribution in [3.63, 3.8) is 0 Å². The van der Waals surface area contributed by atoms with Gasteiger partial charge in [0.25, 0.3) is 0 Å². The molecule has 1 amide bonds. The van der Waals surface area contributed by atoms with Gasteiger partial charge in [0.2, 0.25) is 15.9 Å². The summed E-state index contributed by atoms with van der Waals surface area (Å²) in [5, 5.41) is 2.85. The molecule has 8 nitrogen and oxygen atoms in total. The summed E-state index contributed by atoms with van der Waals surface area (Å²) in [4.78, 5) is 14.7. The summed E-state index contributed by atoms with van der Waals surface area (Å²) >= 11 is 0. The van der Waals surface area contributed by atoms with Gasteiger partial charge in [-0.2, -0.15) is 4.31 Å². The molecule has 1 aromatic rings. The van der Waals surface area contributed by atoms with Crippen LogP contribution in [0.5, 0.6) is 0 Å². The lowest BCUT2D eigenvalue weighted by molar-refractivity contribution is -0.119. The quantitative estimate of drug-likeness (QED) is 0.716. The Morgan fingerprint density at radius 2 is 1.76 bits per heavy atom. The minimum Gasteiger partial charge on any atom is -0.350 e. The van der Waals surface area contributed by atoms with E-state index in [1.54, 1.807) is 19.2 Å². The van der Waals surface area contributed by atoms with E-state index in [1.807, 2.05) is 13.8 Å². The molecule has 1 N–H and O–H groups in total. The van der Waals surface area contributed by atoms with E-state index in [0.717, 1.165) is 25.9 Å². The van der Waals surface area contributed by atoms with Crippen molar-refractivity contribution in [2.75, 3.05) is 45.2 Å². The number of hydrogen-bond donors (Lipinski definition) is 1. The lowest BCUT2D eigenvalue weighted by Crippen LogP contribution is -2.41. The number of carbonyl (C=O) groups excluding carboxylic acids is 1. The Balaban J connectivity index is 1.48. The number of likely N-dealkylation sites (tertiary alicyclic amines) is 1. The summed E-state index contributed by atoms with van der Waals surface area (Å²) in [6.45, 7) is 6.96. The van der Waals surface area contributed by atoms with Gasteiger partial charge < -0.3 is 14.8 Å². The van der Waals surface area contributed by atoms with Crippen molar-refractivity contribution in [1.29, 1.82) is 0 Å². The Hall–Kier alpha value is -1.52. The van der Waals surface area contributed by atoms with Crippen LogP contribution in [0.4, 0.5) is 5.69 Å². The fourth-order valence-corrected chi connectivity index (χ4v) is 4.96. The average Bonchev–Trinajstić information content (AvgIpc) is 3.23. The average molecular weight is 426 g/mol. The first kappa shape index (κ1) is 22.2. The fourth-order valence-electron chi connectivity index (χ4n) is 3.59. The van der Waals surface area contributed by atoms with Crippen molar-refractivity contribution in [2.45, 2.75) is 43.9 Å². The first-order valence-electron chi connectivity index (χ1n) is 10.1. The molecule has 2 fully saturated rings. The highest BCUT2D eigenvalue weighted by atomic mass is 32.2. The molecule has 0 aromatic heterocycles. The van der Waals surface area contributed by atoms with Gasteiger partial charge in [0, 0.05) is 24.7 Å². The van der Waals surface area contributed by atoms with Crippen LogP contribution in [0.3, 0.4) is 0 Å². The molecular weight excluding hydrogens is 394 g/mol. The van der Waals surface area contributed by atoms with Gasteiger partial charge in [0.1, 0.15) is 0 Å². The number of anilines is 1. The van der Waals surface area contributed by atoms with Gasteiger partial charge in [-0.1, -0.05) is 0 Å². The highest BCUT2D eigenvalue weighted by molar-refractivity contribution is 7.89. The maximum absolute atomic E-state index is 12.5. The second-order valence-electron chi connectivity index (χ2n) is 7.91. The van der Waals surface area contributed by atoms with Gasteiger partial charge in [0.15, 0.2) is 6.29 Å². The molecule has 0 bridgehead atoms. The summed E-state index contributed by atoms with van der Waals surface area (Å²) in [7, 11) is -1.97. The van der Waals surface area contributed by atoms with E-state index >= 15 is 0 Å². The van der Waals surface area contributed by atoms with Crippen molar-refractivity contribution in [2.24, 2.45) is 5.92 Å². The zero-order chi connectivity index (χ0) is 21.0. The molecule has 0 radical (unpaired) electrons. The highest BCUT2D eigenvalue weighted by Gasteiger charge is 2.30. The molecule has 2 aliphatic heterocycles. The van der Waals surface area contributed by atoms with E-state index in [0.29, 0.717) is 31.4 Å².